The zero-order valence-electron chi connectivity index (χ0n) is 10.7. The van der Waals surface area contributed by atoms with Gasteiger partial charge in [0, 0.05) is 24.5 Å². The molecule has 6 heteroatoms. The molecule has 19 heavy (non-hydrogen) atoms. The van der Waals surface area contributed by atoms with Crippen molar-refractivity contribution in [2.75, 3.05) is 5.32 Å². The van der Waals surface area contributed by atoms with E-state index in [-0.39, 0.29) is 5.82 Å². The van der Waals surface area contributed by atoms with Crippen molar-refractivity contribution in [2.45, 2.75) is 13.0 Å². The van der Waals surface area contributed by atoms with E-state index in [9.17, 15) is 9.18 Å². The van der Waals surface area contributed by atoms with E-state index >= 15 is 0 Å². The standard InChI is InChI=1S/C13H15FN4O/c1-8-3-4-10(5-11(8)14)17-13(19)12(15)9-6-16-18(2)7-9/h3-7,12H,15H2,1-2H3,(H,17,19). The van der Waals surface area contributed by atoms with Gasteiger partial charge in [0.15, 0.2) is 0 Å². The van der Waals surface area contributed by atoms with Gasteiger partial charge in [-0.15, -0.1) is 0 Å². The number of nitrogens with zero attached hydrogens (tertiary/aromatic N) is 2. The second kappa shape index (κ2) is 5.19. The minimum absolute atomic E-state index is 0.368. The Hall–Kier alpha value is -2.21. The monoisotopic (exact) mass is 262 g/mol. The van der Waals surface area contributed by atoms with Crippen LogP contribution in [-0.2, 0) is 11.8 Å². The molecule has 0 aliphatic heterocycles. The molecule has 0 saturated carbocycles. The van der Waals surface area contributed by atoms with Gasteiger partial charge in [0.2, 0.25) is 5.91 Å². The molecule has 100 valence electrons. The third-order valence-electron chi connectivity index (χ3n) is 2.81. The summed E-state index contributed by atoms with van der Waals surface area (Å²) < 4.78 is 14.9. The van der Waals surface area contributed by atoms with E-state index in [0.717, 1.165) is 0 Å². The van der Waals surface area contributed by atoms with Gasteiger partial charge < -0.3 is 11.1 Å². The van der Waals surface area contributed by atoms with Crippen LogP contribution in [-0.4, -0.2) is 15.7 Å². The van der Waals surface area contributed by atoms with E-state index in [2.05, 4.69) is 10.4 Å². The lowest BCUT2D eigenvalue weighted by atomic mass is 10.1. The molecule has 1 aromatic carbocycles. The fourth-order valence-corrected chi connectivity index (χ4v) is 1.64. The van der Waals surface area contributed by atoms with Gasteiger partial charge in [0.05, 0.1) is 6.20 Å². The van der Waals surface area contributed by atoms with Gasteiger partial charge in [-0.2, -0.15) is 5.10 Å². The molecule has 1 atom stereocenters. The quantitative estimate of drug-likeness (QED) is 0.880. The van der Waals surface area contributed by atoms with E-state index in [0.29, 0.717) is 16.8 Å². The van der Waals surface area contributed by atoms with Crippen LogP contribution in [0.2, 0.25) is 0 Å². The topological polar surface area (TPSA) is 72.9 Å². The third kappa shape index (κ3) is 2.97. The van der Waals surface area contributed by atoms with E-state index in [1.807, 2.05) is 0 Å². The third-order valence-corrected chi connectivity index (χ3v) is 2.81. The fraction of sp³-hybridized carbons (Fsp3) is 0.231. The number of amides is 1. The number of benzene rings is 1. The second-order valence-corrected chi connectivity index (χ2v) is 4.38. The van der Waals surface area contributed by atoms with Gasteiger partial charge in [-0.3, -0.25) is 9.48 Å². The van der Waals surface area contributed by atoms with Crippen molar-refractivity contribution in [3.8, 4) is 0 Å². The predicted molar refractivity (Wildman–Crippen MR) is 69.9 cm³/mol. The average molecular weight is 262 g/mol. The van der Waals surface area contributed by atoms with E-state index in [4.69, 9.17) is 5.73 Å². The first kappa shape index (κ1) is 13.2. The highest BCUT2D eigenvalue weighted by Crippen LogP contribution is 2.16. The van der Waals surface area contributed by atoms with Crippen LogP contribution in [0.25, 0.3) is 0 Å². The zero-order valence-corrected chi connectivity index (χ0v) is 10.7. The van der Waals surface area contributed by atoms with Gasteiger partial charge in [-0.25, -0.2) is 4.39 Å². The van der Waals surface area contributed by atoms with Crippen molar-refractivity contribution in [2.24, 2.45) is 12.8 Å². The molecule has 2 rings (SSSR count). The Morgan fingerprint density at radius 3 is 2.84 bits per heavy atom. The maximum atomic E-state index is 13.4. The molecule has 1 unspecified atom stereocenters. The fourth-order valence-electron chi connectivity index (χ4n) is 1.64. The highest BCUT2D eigenvalue weighted by atomic mass is 19.1. The molecule has 5 nitrogen and oxygen atoms in total. The van der Waals surface area contributed by atoms with Gasteiger partial charge in [-0.05, 0) is 24.6 Å². The molecule has 0 fully saturated rings. The molecule has 0 spiro atoms. The molecular formula is C13H15FN4O. The van der Waals surface area contributed by atoms with Gasteiger partial charge in [0.1, 0.15) is 11.9 Å². The molecule has 1 aromatic heterocycles. The first-order chi connectivity index (χ1) is 8.97. The van der Waals surface area contributed by atoms with E-state index < -0.39 is 11.9 Å². The lowest BCUT2D eigenvalue weighted by Gasteiger charge is -2.11. The van der Waals surface area contributed by atoms with E-state index in [1.165, 1.54) is 12.3 Å². The summed E-state index contributed by atoms with van der Waals surface area (Å²) in [5, 5.41) is 6.53. The number of aromatic nitrogens is 2. The first-order valence-corrected chi connectivity index (χ1v) is 5.78. The number of rotatable bonds is 3. The maximum absolute atomic E-state index is 13.4. The summed E-state index contributed by atoms with van der Waals surface area (Å²) in [6.45, 7) is 1.66. The Balaban J connectivity index is 2.10. The molecule has 0 aliphatic carbocycles. The van der Waals surface area contributed by atoms with Crippen LogP contribution in [0, 0.1) is 12.7 Å². The van der Waals surface area contributed by atoms with Crippen LogP contribution in [0.3, 0.4) is 0 Å². The molecule has 0 aliphatic rings. The minimum Gasteiger partial charge on any atom is -0.324 e. The molecule has 3 N–H and O–H groups in total. The number of aryl methyl sites for hydroxylation is 2. The highest BCUT2D eigenvalue weighted by Gasteiger charge is 2.17. The van der Waals surface area contributed by atoms with Crippen molar-refractivity contribution in [1.82, 2.24) is 9.78 Å². The van der Waals surface area contributed by atoms with Crippen LogP contribution in [0.1, 0.15) is 17.2 Å². The average Bonchev–Trinajstić information content (AvgIpc) is 2.79. The summed E-state index contributed by atoms with van der Waals surface area (Å²) in [6.07, 6.45) is 3.19. The summed E-state index contributed by atoms with van der Waals surface area (Å²) in [7, 11) is 1.74. The van der Waals surface area contributed by atoms with Crippen molar-refractivity contribution < 1.29 is 9.18 Å². The molecule has 2 aromatic rings. The first-order valence-electron chi connectivity index (χ1n) is 5.78. The van der Waals surface area contributed by atoms with Crippen LogP contribution in [0.15, 0.2) is 30.6 Å². The van der Waals surface area contributed by atoms with Crippen molar-refractivity contribution >= 4 is 11.6 Å². The molecule has 1 amide bonds. The number of halogens is 1. The van der Waals surface area contributed by atoms with Gasteiger partial charge in [0.25, 0.3) is 0 Å². The summed E-state index contributed by atoms with van der Waals surface area (Å²) in [6, 6.07) is 3.66. The number of carbonyl (C=O) groups is 1. The van der Waals surface area contributed by atoms with Gasteiger partial charge >= 0.3 is 0 Å². The Labute approximate surface area is 110 Å². The zero-order chi connectivity index (χ0) is 14.0. The minimum atomic E-state index is -0.835. The van der Waals surface area contributed by atoms with Crippen molar-refractivity contribution in [1.29, 1.82) is 0 Å². The molecule has 0 radical (unpaired) electrons. The lowest BCUT2D eigenvalue weighted by molar-refractivity contribution is -0.117. The SMILES string of the molecule is Cc1ccc(NC(=O)C(N)c2cnn(C)c2)cc1F. The Morgan fingerprint density at radius 2 is 2.26 bits per heavy atom. The number of carbonyl (C=O) groups excluding carboxylic acids is 1. The summed E-state index contributed by atoms with van der Waals surface area (Å²) >= 11 is 0. The van der Waals surface area contributed by atoms with Crippen LogP contribution < -0.4 is 11.1 Å². The summed E-state index contributed by atoms with van der Waals surface area (Å²) in [5.74, 6) is -0.774. The Bertz CT molecular complexity index is 608. The smallest absolute Gasteiger partial charge is 0.246 e. The van der Waals surface area contributed by atoms with Crippen LogP contribution >= 0.6 is 0 Å². The molecular weight excluding hydrogens is 247 g/mol. The predicted octanol–water partition coefficient (Wildman–Crippen LogP) is 1.51. The Morgan fingerprint density at radius 1 is 1.53 bits per heavy atom. The van der Waals surface area contributed by atoms with Crippen LogP contribution in [0.4, 0.5) is 10.1 Å². The largest absolute Gasteiger partial charge is 0.324 e. The Kier molecular flexibility index (Phi) is 3.62. The van der Waals surface area contributed by atoms with Crippen molar-refractivity contribution in [3.05, 3.63) is 47.5 Å². The molecule has 1 heterocycles. The normalized spacial score (nSPS) is 12.2. The second-order valence-electron chi connectivity index (χ2n) is 4.38. The number of hydrogen-bond acceptors (Lipinski definition) is 3. The van der Waals surface area contributed by atoms with E-state index in [1.54, 1.807) is 37.0 Å². The van der Waals surface area contributed by atoms with Gasteiger partial charge in [-0.1, -0.05) is 6.07 Å². The summed E-state index contributed by atoms with van der Waals surface area (Å²) in [5.41, 5.74) is 7.32. The molecule has 0 saturated heterocycles. The number of hydrogen-bond donors (Lipinski definition) is 2. The van der Waals surface area contributed by atoms with Crippen molar-refractivity contribution in [3.63, 3.8) is 0 Å². The number of nitrogens with one attached hydrogen (secondary N) is 1. The number of nitrogens with two attached hydrogens (primary N) is 1. The lowest BCUT2D eigenvalue weighted by Crippen LogP contribution is -2.27. The molecule has 0 bridgehead atoms. The maximum Gasteiger partial charge on any atom is 0.246 e. The summed E-state index contributed by atoms with van der Waals surface area (Å²) in [4.78, 5) is 11.9. The number of anilines is 1. The van der Waals surface area contributed by atoms with Crippen LogP contribution in [0.5, 0.6) is 0 Å². The highest BCUT2D eigenvalue weighted by molar-refractivity contribution is 5.95.